The second kappa shape index (κ2) is 4.92. The van der Waals surface area contributed by atoms with E-state index in [9.17, 15) is 22.4 Å². The lowest BCUT2D eigenvalue weighted by molar-refractivity contribution is -0.137. The zero-order valence-electron chi connectivity index (χ0n) is 9.78. The van der Waals surface area contributed by atoms with Gasteiger partial charge in [0.05, 0.1) is 23.0 Å². The van der Waals surface area contributed by atoms with Crippen LogP contribution in [0.3, 0.4) is 0 Å². The van der Waals surface area contributed by atoms with E-state index in [1.165, 1.54) is 12.1 Å². The molecule has 0 atom stereocenters. The SMILES string of the molecule is O=C(O)c1cc(-c2cccc(C(F)(F)F)c2)ncc1F. The molecule has 0 radical (unpaired) electrons. The van der Waals surface area contributed by atoms with Crippen LogP contribution in [0.4, 0.5) is 17.6 Å². The second-order valence-corrected chi connectivity index (χ2v) is 3.93. The Bertz CT molecular complexity index is 668. The summed E-state index contributed by atoms with van der Waals surface area (Å²) in [5.41, 5.74) is -1.53. The van der Waals surface area contributed by atoms with Crippen LogP contribution in [-0.4, -0.2) is 16.1 Å². The number of rotatable bonds is 2. The number of nitrogens with zero attached hydrogens (tertiary/aromatic N) is 1. The molecule has 1 aromatic heterocycles. The Morgan fingerprint density at radius 3 is 2.50 bits per heavy atom. The minimum atomic E-state index is -4.52. The Hall–Kier alpha value is -2.44. The van der Waals surface area contributed by atoms with E-state index >= 15 is 0 Å². The lowest BCUT2D eigenvalue weighted by Crippen LogP contribution is -2.05. The minimum Gasteiger partial charge on any atom is -0.478 e. The van der Waals surface area contributed by atoms with E-state index < -0.39 is 29.1 Å². The molecular weight excluding hydrogens is 278 g/mol. The molecule has 0 saturated carbocycles. The fourth-order valence-corrected chi connectivity index (χ4v) is 1.62. The summed E-state index contributed by atoms with van der Waals surface area (Å²) in [4.78, 5) is 14.4. The molecule has 1 N–H and O–H groups in total. The molecule has 7 heteroatoms. The zero-order chi connectivity index (χ0) is 14.9. The molecule has 1 heterocycles. The van der Waals surface area contributed by atoms with Gasteiger partial charge in [0, 0.05) is 5.56 Å². The monoisotopic (exact) mass is 285 g/mol. The van der Waals surface area contributed by atoms with Crippen molar-refractivity contribution in [3.63, 3.8) is 0 Å². The van der Waals surface area contributed by atoms with Crippen LogP contribution in [0.25, 0.3) is 11.3 Å². The molecule has 0 aliphatic rings. The van der Waals surface area contributed by atoms with Crippen LogP contribution in [0, 0.1) is 5.82 Å². The third-order valence-corrected chi connectivity index (χ3v) is 2.57. The number of hydrogen-bond donors (Lipinski definition) is 1. The molecule has 0 saturated heterocycles. The van der Waals surface area contributed by atoms with Gasteiger partial charge in [0.2, 0.25) is 0 Å². The van der Waals surface area contributed by atoms with E-state index in [0.717, 1.165) is 18.2 Å². The minimum absolute atomic E-state index is 0.0464. The lowest BCUT2D eigenvalue weighted by Gasteiger charge is -2.09. The summed E-state index contributed by atoms with van der Waals surface area (Å²) >= 11 is 0. The molecule has 1 aromatic carbocycles. The van der Waals surface area contributed by atoms with Gasteiger partial charge in [0.25, 0.3) is 0 Å². The first-order valence-corrected chi connectivity index (χ1v) is 5.35. The van der Waals surface area contributed by atoms with Crippen molar-refractivity contribution in [3.05, 3.63) is 53.5 Å². The maximum atomic E-state index is 13.2. The third kappa shape index (κ3) is 2.76. The van der Waals surface area contributed by atoms with E-state index in [1.807, 2.05) is 0 Å². The van der Waals surface area contributed by atoms with Crippen LogP contribution < -0.4 is 0 Å². The molecule has 0 spiro atoms. The quantitative estimate of drug-likeness (QED) is 0.858. The molecule has 0 bridgehead atoms. The van der Waals surface area contributed by atoms with Crippen molar-refractivity contribution in [2.24, 2.45) is 0 Å². The van der Waals surface area contributed by atoms with Crippen molar-refractivity contribution in [2.75, 3.05) is 0 Å². The van der Waals surface area contributed by atoms with E-state index in [2.05, 4.69) is 4.98 Å². The van der Waals surface area contributed by atoms with Gasteiger partial charge in [-0.1, -0.05) is 12.1 Å². The number of carbonyl (C=O) groups is 1. The largest absolute Gasteiger partial charge is 0.478 e. The number of benzene rings is 1. The number of aromatic carboxylic acids is 1. The lowest BCUT2D eigenvalue weighted by atomic mass is 10.1. The van der Waals surface area contributed by atoms with Gasteiger partial charge in [0.15, 0.2) is 5.82 Å². The first-order chi connectivity index (χ1) is 9.29. The molecule has 3 nitrogen and oxygen atoms in total. The number of halogens is 4. The van der Waals surface area contributed by atoms with E-state index in [-0.39, 0.29) is 11.3 Å². The number of carboxylic acids is 1. The Balaban J connectivity index is 2.52. The maximum absolute atomic E-state index is 13.2. The van der Waals surface area contributed by atoms with Crippen LogP contribution in [0.2, 0.25) is 0 Å². The Morgan fingerprint density at radius 1 is 1.20 bits per heavy atom. The number of alkyl halides is 3. The molecule has 0 fully saturated rings. The Labute approximate surface area is 110 Å². The highest BCUT2D eigenvalue weighted by molar-refractivity contribution is 5.89. The van der Waals surface area contributed by atoms with Crippen molar-refractivity contribution < 1.29 is 27.5 Å². The topological polar surface area (TPSA) is 50.2 Å². The molecule has 104 valence electrons. The van der Waals surface area contributed by atoms with Gasteiger partial charge < -0.3 is 5.11 Å². The fraction of sp³-hybridized carbons (Fsp3) is 0.0769. The molecule has 0 amide bonds. The number of carboxylic acid groups (broad SMARTS) is 1. The van der Waals surface area contributed by atoms with Crippen molar-refractivity contribution >= 4 is 5.97 Å². The average Bonchev–Trinajstić information content (AvgIpc) is 2.38. The van der Waals surface area contributed by atoms with Crippen LogP contribution in [0.5, 0.6) is 0 Å². The molecule has 0 aliphatic carbocycles. The van der Waals surface area contributed by atoms with Crippen molar-refractivity contribution in [1.82, 2.24) is 4.98 Å². The summed E-state index contributed by atoms with van der Waals surface area (Å²) in [5.74, 6) is -2.56. The summed E-state index contributed by atoms with van der Waals surface area (Å²) in [7, 11) is 0. The maximum Gasteiger partial charge on any atom is 0.416 e. The van der Waals surface area contributed by atoms with Crippen LogP contribution in [0.15, 0.2) is 36.5 Å². The predicted molar refractivity (Wildman–Crippen MR) is 61.6 cm³/mol. The van der Waals surface area contributed by atoms with E-state index in [0.29, 0.717) is 6.20 Å². The number of aromatic nitrogens is 1. The summed E-state index contributed by atoms with van der Waals surface area (Å²) in [6.07, 6.45) is -3.86. The Morgan fingerprint density at radius 2 is 1.90 bits per heavy atom. The first kappa shape index (κ1) is 14.0. The summed E-state index contributed by atoms with van der Waals surface area (Å²) < 4.78 is 50.9. The van der Waals surface area contributed by atoms with Gasteiger partial charge in [-0.15, -0.1) is 0 Å². The highest BCUT2D eigenvalue weighted by Gasteiger charge is 2.30. The van der Waals surface area contributed by atoms with Gasteiger partial charge in [-0.2, -0.15) is 13.2 Å². The molecule has 0 unspecified atom stereocenters. The second-order valence-electron chi connectivity index (χ2n) is 3.93. The van der Waals surface area contributed by atoms with Crippen LogP contribution in [-0.2, 0) is 6.18 Å². The molecule has 2 aromatic rings. The first-order valence-electron chi connectivity index (χ1n) is 5.35. The van der Waals surface area contributed by atoms with Crippen LogP contribution >= 0.6 is 0 Å². The van der Waals surface area contributed by atoms with E-state index in [4.69, 9.17) is 5.11 Å². The van der Waals surface area contributed by atoms with Gasteiger partial charge in [0.1, 0.15) is 0 Å². The predicted octanol–water partition coefficient (Wildman–Crippen LogP) is 3.60. The summed E-state index contributed by atoms with van der Waals surface area (Å²) in [5, 5.41) is 8.77. The van der Waals surface area contributed by atoms with Crippen molar-refractivity contribution in [2.45, 2.75) is 6.18 Å². The highest BCUT2D eigenvalue weighted by Crippen LogP contribution is 2.31. The Kier molecular flexibility index (Phi) is 3.44. The third-order valence-electron chi connectivity index (χ3n) is 2.57. The van der Waals surface area contributed by atoms with Crippen molar-refractivity contribution in [3.8, 4) is 11.3 Å². The van der Waals surface area contributed by atoms with E-state index in [1.54, 1.807) is 0 Å². The van der Waals surface area contributed by atoms with Crippen LogP contribution in [0.1, 0.15) is 15.9 Å². The van der Waals surface area contributed by atoms with Gasteiger partial charge in [-0.05, 0) is 18.2 Å². The van der Waals surface area contributed by atoms with Gasteiger partial charge >= 0.3 is 12.1 Å². The smallest absolute Gasteiger partial charge is 0.416 e. The average molecular weight is 285 g/mol. The number of hydrogen-bond acceptors (Lipinski definition) is 2. The highest BCUT2D eigenvalue weighted by atomic mass is 19.4. The molecule has 2 rings (SSSR count). The zero-order valence-corrected chi connectivity index (χ0v) is 9.78. The molecular formula is C13H7F4NO2. The molecule has 0 aliphatic heterocycles. The van der Waals surface area contributed by atoms with Gasteiger partial charge in [-0.3, -0.25) is 4.98 Å². The summed E-state index contributed by atoms with van der Waals surface area (Å²) in [6.45, 7) is 0. The van der Waals surface area contributed by atoms with Gasteiger partial charge in [-0.25, -0.2) is 9.18 Å². The summed E-state index contributed by atoms with van der Waals surface area (Å²) in [6, 6.07) is 5.11. The number of pyridine rings is 1. The standard InChI is InChI=1S/C13H7F4NO2/c14-10-6-18-11(5-9(10)12(19)20)7-2-1-3-8(4-7)13(15,16)17/h1-6H,(H,19,20). The molecule has 20 heavy (non-hydrogen) atoms. The normalized spacial score (nSPS) is 11.4. The fourth-order valence-electron chi connectivity index (χ4n) is 1.62. The van der Waals surface area contributed by atoms with Crippen molar-refractivity contribution in [1.29, 1.82) is 0 Å².